The largest absolute Gasteiger partial charge is 0.465 e. The number of amides is 1. The van der Waals surface area contributed by atoms with Gasteiger partial charge in [-0.25, -0.2) is 9.78 Å². The summed E-state index contributed by atoms with van der Waals surface area (Å²) in [5.74, 6) is -0.790. The van der Waals surface area contributed by atoms with E-state index in [4.69, 9.17) is 4.74 Å². The summed E-state index contributed by atoms with van der Waals surface area (Å²) in [5, 5.41) is 0.671. The van der Waals surface area contributed by atoms with Crippen molar-refractivity contribution in [2.45, 2.75) is 0 Å². The summed E-state index contributed by atoms with van der Waals surface area (Å²) >= 11 is 1.48. The molecule has 0 radical (unpaired) electrons. The molecule has 29 heavy (non-hydrogen) atoms. The molecule has 0 N–H and O–H groups in total. The summed E-state index contributed by atoms with van der Waals surface area (Å²) in [7, 11) is 2.94. The number of carbonyl (C=O) groups excluding carboxylic acids is 2. The molecule has 0 aliphatic rings. The summed E-state index contributed by atoms with van der Waals surface area (Å²) in [5.41, 5.74) is 2.57. The minimum atomic E-state index is -0.502. The first-order valence-corrected chi connectivity index (χ1v) is 9.68. The number of fused-ring (bicyclic) bond motifs is 1. The molecule has 0 atom stereocenters. The van der Waals surface area contributed by atoms with Crippen LogP contribution in [0.25, 0.3) is 20.9 Å². The standard InChI is InChI=1S/C22H17N3O3S/c1-25(17-11-5-3-8-14(17)22(27)28-2)21(26)15-9-7-13-23-19(15)20-24-16-10-4-6-12-18(16)29-20/h3-13H,1-2H3. The molecule has 0 saturated carbocycles. The second-order valence-corrected chi connectivity index (χ2v) is 7.29. The van der Waals surface area contributed by atoms with E-state index >= 15 is 0 Å². The van der Waals surface area contributed by atoms with E-state index in [1.165, 1.54) is 23.3 Å². The smallest absolute Gasteiger partial charge is 0.339 e. The van der Waals surface area contributed by atoms with Crippen LogP contribution in [0.15, 0.2) is 66.9 Å². The summed E-state index contributed by atoms with van der Waals surface area (Å²) < 4.78 is 5.87. The van der Waals surface area contributed by atoms with E-state index in [1.54, 1.807) is 49.6 Å². The van der Waals surface area contributed by atoms with Gasteiger partial charge in [-0.05, 0) is 36.4 Å². The maximum Gasteiger partial charge on any atom is 0.339 e. The van der Waals surface area contributed by atoms with Gasteiger partial charge >= 0.3 is 5.97 Å². The third-order valence-electron chi connectivity index (χ3n) is 4.51. The highest BCUT2D eigenvalue weighted by Crippen LogP contribution is 2.32. The molecule has 0 unspecified atom stereocenters. The first kappa shape index (κ1) is 18.8. The van der Waals surface area contributed by atoms with Crippen molar-refractivity contribution in [2.24, 2.45) is 0 Å². The Balaban J connectivity index is 1.77. The second kappa shape index (κ2) is 7.81. The Bertz CT molecular complexity index is 1190. The van der Waals surface area contributed by atoms with E-state index in [-0.39, 0.29) is 5.91 Å². The van der Waals surface area contributed by atoms with Gasteiger partial charge in [-0.3, -0.25) is 9.78 Å². The lowest BCUT2D eigenvalue weighted by molar-refractivity contribution is 0.0601. The Morgan fingerprint density at radius 1 is 0.966 bits per heavy atom. The summed E-state index contributed by atoms with van der Waals surface area (Å²) in [6.07, 6.45) is 1.64. The van der Waals surface area contributed by atoms with Crippen molar-refractivity contribution in [3.63, 3.8) is 0 Å². The number of ether oxygens (including phenoxy) is 1. The van der Waals surface area contributed by atoms with Gasteiger partial charge in [-0.2, -0.15) is 0 Å². The fraction of sp³-hybridized carbons (Fsp3) is 0.0909. The van der Waals surface area contributed by atoms with Crippen molar-refractivity contribution < 1.29 is 14.3 Å². The fourth-order valence-electron chi connectivity index (χ4n) is 3.06. The van der Waals surface area contributed by atoms with Crippen LogP contribution in [-0.4, -0.2) is 36.0 Å². The van der Waals surface area contributed by atoms with Gasteiger partial charge in [0.05, 0.1) is 34.1 Å². The molecule has 7 heteroatoms. The number of methoxy groups -OCH3 is 1. The van der Waals surface area contributed by atoms with Gasteiger partial charge < -0.3 is 9.64 Å². The number of hydrogen-bond donors (Lipinski definition) is 0. The van der Waals surface area contributed by atoms with Crippen molar-refractivity contribution in [1.82, 2.24) is 9.97 Å². The lowest BCUT2D eigenvalue weighted by atomic mass is 10.1. The third-order valence-corrected chi connectivity index (χ3v) is 5.55. The molecule has 2 aromatic heterocycles. The fourth-order valence-corrected chi connectivity index (χ4v) is 4.04. The molecule has 4 rings (SSSR count). The molecule has 0 aliphatic carbocycles. The van der Waals surface area contributed by atoms with E-state index in [2.05, 4.69) is 9.97 Å². The number of pyridine rings is 1. The number of aromatic nitrogens is 2. The first-order chi connectivity index (χ1) is 14.1. The molecule has 1 amide bonds. The number of rotatable bonds is 4. The van der Waals surface area contributed by atoms with Crippen LogP contribution >= 0.6 is 11.3 Å². The molecule has 0 spiro atoms. The van der Waals surface area contributed by atoms with Crippen molar-refractivity contribution in [1.29, 1.82) is 0 Å². The van der Waals surface area contributed by atoms with Gasteiger partial charge in [0.1, 0.15) is 10.7 Å². The molecule has 0 bridgehead atoms. The molecular weight excluding hydrogens is 386 g/mol. The average molecular weight is 403 g/mol. The maximum atomic E-state index is 13.3. The predicted octanol–water partition coefficient (Wildman–Crippen LogP) is 4.42. The monoisotopic (exact) mass is 403 g/mol. The van der Waals surface area contributed by atoms with Crippen molar-refractivity contribution >= 4 is 39.1 Å². The van der Waals surface area contributed by atoms with Crippen LogP contribution in [0.2, 0.25) is 0 Å². The highest BCUT2D eigenvalue weighted by atomic mass is 32.1. The van der Waals surface area contributed by atoms with Crippen LogP contribution in [0.1, 0.15) is 20.7 Å². The van der Waals surface area contributed by atoms with E-state index in [1.807, 2.05) is 24.3 Å². The summed E-state index contributed by atoms with van der Waals surface area (Å²) in [4.78, 5) is 35.9. The van der Waals surface area contributed by atoms with E-state index in [0.717, 1.165) is 10.2 Å². The van der Waals surface area contributed by atoms with Gasteiger partial charge in [0.15, 0.2) is 0 Å². The lowest BCUT2D eigenvalue weighted by Crippen LogP contribution is -2.28. The number of benzene rings is 2. The Hall–Kier alpha value is -3.58. The zero-order chi connectivity index (χ0) is 20.4. The molecule has 0 fully saturated rings. The van der Waals surface area contributed by atoms with E-state index in [9.17, 15) is 9.59 Å². The summed E-state index contributed by atoms with van der Waals surface area (Å²) in [6.45, 7) is 0. The zero-order valence-electron chi connectivity index (χ0n) is 15.8. The molecule has 0 aliphatic heterocycles. The number of hydrogen-bond acceptors (Lipinski definition) is 6. The molecule has 0 saturated heterocycles. The Morgan fingerprint density at radius 2 is 1.69 bits per heavy atom. The van der Waals surface area contributed by atoms with Crippen molar-refractivity contribution in [2.75, 3.05) is 19.1 Å². The first-order valence-electron chi connectivity index (χ1n) is 8.86. The van der Waals surface area contributed by atoms with E-state index in [0.29, 0.717) is 27.5 Å². The minimum Gasteiger partial charge on any atom is -0.465 e. The van der Waals surface area contributed by atoms with Crippen LogP contribution in [0.4, 0.5) is 5.69 Å². The Morgan fingerprint density at radius 3 is 2.48 bits per heavy atom. The van der Waals surface area contributed by atoms with Gasteiger partial charge in [-0.15, -0.1) is 11.3 Å². The van der Waals surface area contributed by atoms with Gasteiger partial charge in [-0.1, -0.05) is 24.3 Å². The number of nitrogens with zero attached hydrogens (tertiary/aromatic N) is 3. The van der Waals surface area contributed by atoms with Gasteiger partial charge in [0.2, 0.25) is 0 Å². The number of esters is 1. The van der Waals surface area contributed by atoms with Gasteiger partial charge in [0, 0.05) is 13.2 Å². The minimum absolute atomic E-state index is 0.288. The van der Waals surface area contributed by atoms with Crippen LogP contribution in [-0.2, 0) is 4.74 Å². The molecule has 2 heterocycles. The van der Waals surface area contributed by atoms with Gasteiger partial charge in [0.25, 0.3) is 5.91 Å². The molecule has 144 valence electrons. The average Bonchev–Trinajstić information content (AvgIpc) is 3.21. The molecule has 6 nitrogen and oxygen atoms in total. The maximum absolute atomic E-state index is 13.3. The zero-order valence-corrected chi connectivity index (χ0v) is 16.6. The van der Waals surface area contributed by atoms with Crippen molar-refractivity contribution in [3.8, 4) is 10.7 Å². The third kappa shape index (κ3) is 3.48. The SMILES string of the molecule is COC(=O)c1ccccc1N(C)C(=O)c1cccnc1-c1nc2ccccc2s1. The van der Waals surface area contributed by atoms with Crippen molar-refractivity contribution in [3.05, 3.63) is 78.0 Å². The summed E-state index contributed by atoms with van der Waals surface area (Å²) in [6, 6.07) is 18.0. The Labute approximate surface area is 171 Å². The second-order valence-electron chi connectivity index (χ2n) is 6.26. The normalized spacial score (nSPS) is 10.7. The van der Waals surface area contributed by atoms with Crippen LogP contribution in [0, 0.1) is 0 Å². The van der Waals surface area contributed by atoms with Crippen LogP contribution in [0.3, 0.4) is 0 Å². The highest BCUT2D eigenvalue weighted by molar-refractivity contribution is 7.21. The lowest BCUT2D eigenvalue weighted by Gasteiger charge is -2.20. The Kier molecular flexibility index (Phi) is 5.05. The van der Waals surface area contributed by atoms with Crippen LogP contribution in [0.5, 0.6) is 0 Å². The molecular formula is C22H17N3O3S. The number of carbonyl (C=O) groups is 2. The predicted molar refractivity (Wildman–Crippen MR) is 113 cm³/mol. The quantitative estimate of drug-likeness (QED) is 0.472. The molecule has 4 aromatic rings. The van der Waals surface area contributed by atoms with Crippen LogP contribution < -0.4 is 4.90 Å². The number of anilines is 1. The number of thiazole rings is 1. The highest BCUT2D eigenvalue weighted by Gasteiger charge is 2.24. The topological polar surface area (TPSA) is 72.4 Å². The van der Waals surface area contributed by atoms with E-state index < -0.39 is 5.97 Å². The number of para-hydroxylation sites is 2. The molecule has 2 aromatic carbocycles.